The Balaban J connectivity index is 2.21. The summed E-state index contributed by atoms with van der Waals surface area (Å²) in [5.41, 5.74) is 0.0758. The van der Waals surface area contributed by atoms with Crippen molar-refractivity contribution in [2.75, 3.05) is 20.3 Å². The molecule has 1 aromatic heterocycles. The second-order valence-electron chi connectivity index (χ2n) is 3.89. The number of methoxy groups -OCH3 is 1. The molecule has 1 heterocycles. The van der Waals surface area contributed by atoms with Crippen molar-refractivity contribution in [1.29, 1.82) is 0 Å². The molecule has 9 heteroatoms. The summed E-state index contributed by atoms with van der Waals surface area (Å²) in [6.07, 6.45) is 0. The normalized spacial score (nSPS) is 11.0. The van der Waals surface area contributed by atoms with Gasteiger partial charge < -0.3 is 10.1 Å². The number of hydrogen-bond donors (Lipinski definition) is 1. The summed E-state index contributed by atoms with van der Waals surface area (Å²) < 4.78 is 33.3. The molecule has 2 aromatic rings. The smallest absolute Gasteiger partial charge is 0.170 e. The van der Waals surface area contributed by atoms with Crippen LogP contribution < -0.4 is 5.32 Å². The van der Waals surface area contributed by atoms with Crippen molar-refractivity contribution >= 4 is 15.9 Å². The van der Waals surface area contributed by atoms with Crippen LogP contribution in [0.5, 0.6) is 0 Å². The minimum Gasteiger partial charge on any atom is -0.383 e. The van der Waals surface area contributed by atoms with Gasteiger partial charge in [-0.3, -0.25) is 0 Å². The van der Waals surface area contributed by atoms with Gasteiger partial charge in [-0.05, 0) is 32.4 Å². The number of rotatable bonds is 6. The molecule has 108 valence electrons. The summed E-state index contributed by atoms with van der Waals surface area (Å²) in [6, 6.07) is 2.07. The van der Waals surface area contributed by atoms with E-state index in [9.17, 15) is 8.78 Å². The van der Waals surface area contributed by atoms with Crippen molar-refractivity contribution in [3.05, 3.63) is 34.1 Å². The molecule has 0 aliphatic heterocycles. The van der Waals surface area contributed by atoms with E-state index in [2.05, 4.69) is 36.8 Å². The maximum absolute atomic E-state index is 13.8. The average Bonchev–Trinajstić information content (AvgIpc) is 2.87. The molecule has 6 nitrogen and oxygen atoms in total. The molecule has 1 aromatic carbocycles. The molecule has 0 fully saturated rings. The van der Waals surface area contributed by atoms with Gasteiger partial charge in [-0.25, -0.2) is 8.78 Å². The first-order valence-electron chi connectivity index (χ1n) is 5.75. The number of ether oxygens (including phenoxy) is 1. The fourth-order valence-electron chi connectivity index (χ4n) is 1.55. The van der Waals surface area contributed by atoms with Gasteiger partial charge in [-0.2, -0.15) is 4.68 Å². The summed E-state index contributed by atoms with van der Waals surface area (Å²) in [5, 5.41) is 14.1. The molecular formula is C11H12BrF2N5O. The summed E-state index contributed by atoms with van der Waals surface area (Å²) in [7, 11) is 1.59. The Hall–Kier alpha value is -1.45. The number of hydrogen-bond acceptors (Lipinski definition) is 5. The van der Waals surface area contributed by atoms with E-state index >= 15 is 0 Å². The van der Waals surface area contributed by atoms with Crippen molar-refractivity contribution in [2.45, 2.75) is 6.54 Å². The van der Waals surface area contributed by atoms with E-state index in [1.54, 1.807) is 7.11 Å². The number of nitrogens with one attached hydrogen (secondary N) is 1. The molecule has 0 spiro atoms. The summed E-state index contributed by atoms with van der Waals surface area (Å²) in [6.45, 7) is 1.49. The van der Waals surface area contributed by atoms with E-state index < -0.39 is 11.6 Å². The SMILES string of the molecule is COCCNCc1nnnn1-c1cc(Br)c(F)cc1F. The molecule has 0 unspecified atom stereocenters. The van der Waals surface area contributed by atoms with Gasteiger partial charge in [0, 0.05) is 19.7 Å². The Labute approximate surface area is 122 Å². The standard InChI is InChI=1S/C11H12BrF2N5O/c1-20-3-2-15-6-11-16-17-18-19(11)10-4-7(12)8(13)5-9(10)14/h4-5,15H,2-3,6H2,1H3. The number of tetrazole rings is 1. The van der Waals surface area contributed by atoms with Crippen LogP contribution in [0.3, 0.4) is 0 Å². The Morgan fingerprint density at radius 2 is 2.15 bits per heavy atom. The van der Waals surface area contributed by atoms with Crippen LogP contribution >= 0.6 is 15.9 Å². The molecule has 2 rings (SSSR count). The molecule has 0 bridgehead atoms. The number of aromatic nitrogens is 4. The summed E-state index contributed by atoms with van der Waals surface area (Å²) >= 11 is 3.01. The van der Waals surface area contributed by atoms with Crippen molar-refractivity contribution < 1.29 is 13.5 Å². The highest BCUT2D eigenvalue weighted by molar-refractivity contribution is 9.10. The molecule has 0 saturated heterocycles. The molecule has 0 saturated carbocycles. The monoisotopic (exact) mass is 347 g/mol. The second-order valence-corrected chi connectivity index (χ2v) is 4.75. The minimum absolute atomic E-state index is 0.0758. The lowest BCUT2D eigenvalue weighted by molar-refractivity contribution is 0.199. The molecule has 0 radical (unpaired) electrons. The molecule has 0 aliphatic carbocycles. The van der Waals surface area contributed by atoms with Gasteiger partial charge >= 0.3 is 0 Å². The molecule has 1 N–H and O–H groups in total. The Morgan fingerprint density at radius 1 is 1.35 bits per heavy atom. The fourth-order valence-corrected chi connectivity index (χ4v) is 1.88. The maximum atomic E-state index is 13.8. The van der Waals surface area contributed by atoms with Crippen molar-refractivity contribution in [3.8, 4) is 5.69 Å². The first-order chi connectivity index (χ1) is 9.63. The summed E-state index contributed by atoms with van der Waals surface area (Å²) in [4.78, 5) is 0. The van der Waals surface area contributed by atoms with E-state index in [1.807, 2.05) is 0 Å². The van der Waals surface area contributed by atoms with Crippen molar-refractivity contribution in [1.82, 2.24) is 25.5 Å². The van der Waals surface area contributed by atoms with E-state index in [-0.39, 0.29) is 10.2 Å². The average molecular weight is 348 g/mol. The van der Waals surface area contributed by atoms with Crippen molar-refractivity contribution in [3.63, 3.8) is 0 Å². The number of benzene rings is 1. The van der Waals surface area contributed by atoms with E-state index in [0.717, 1.165) is 6.07 Å². The zero-order valence-corrected chi connectivity index (χ0v) is 12.2. The van der Waals surface area contributed by atoms with Crippen LogP contribution in [-0.4, -0.2) is 40.5 Å². The van der Waals surface area contributed by atoms with Crippen LogP contribution in [0.4, 0.5) is 8.78 Å². The second kappa shape index (κ2) is 6.82. The zero-order chi connectivity index (χ0) is 14.5. The van der Waals surface area contributed by atoms with Gasteiger partial charge in [-0.15, -0.1) is 5.10 Å². The highest BCUT2D eigenvalue weighted by Crippen LogP contribution is 2.22. The van der Waals surface area contributed by atoms with Crippen molar-refractivity contribution in [2.24, 2.45) is 0 Å². The predicted octanol–water partition coefficient (Wildman–Crippen LogP) is 1.44. The molecule has 0 aliphatic rings. The molecule has 20 heavy (non-hydrogen) atoms. The quantitative estimate of drug-likeness (QED) is 0.632. The Kier molecular flexibility index (Phi) is 5.10. The van der Waals surface area contributed by atoms with Crippen LogP contribution in [0.1, 0.15) is 5.82 Å². The van der Waals surface area contributed by atoms with Crippen LogP contribution in [0.25, 0.3) is 5.69 Å². The van der Waals surface area contributed by atoms with E-state index in [4.69, 9.17) is 4.74 Å². The number of nitrogens with zero attached hydrogens (tertiary/aromatic N) is 4. The molecule has 0 atom stereocenters. The lowest BCUT2D eigenvalue weighted by Crippen LogP contribution is -2.21. The van der Waals surface area contributed by atoms with Crippen LogP contribution in [-0.2, 0) is 11.3 Å². The molecular weight excluding hydrogens is 336 g/mol. The third-order valence-corrected chi connectivity index (χ3v) is 3.13. The van der Waals surface area contributed by atoms with Gasteiger partial charge in [0.05, 0.1) is 17.6 Å². The highest BCUT2D eigenvalue weighted by atomic mass is 79.9. The lowest BCUT2D eigenvalue weighted by Gasteiger charge is -2.07. The maximum Gasteiger partial charge on any atom is 0.170 e. The van der Waals surface area contributed by atoms with Gasteiger partial charge in [0.15, 0.2) is 11.6 Å². The minimum atomic E-state index is -0.740. The van der Waals surface area contributed by atoms with Gasteiger partial charge in [0.2, 0.25) is 0 Å². The van der Waals surface area contributed by atoms with Gasteiger partial charge in [0.25, 0.3) is 0 Å². The van der Waals surface area contributed by atoms with E-state index in [0.29, 0.717) is 25.5 Å². The van der Waals surface area contributed by atoms with Crippen LogP contribution in [0.15, 0.2) is 16.6 Å². The summed E-state index contributed by atoms with van der Waals surface area (Å²) in [5.74, 6) is -1.01. The number of halogens is 3. The first-order valence-corrected chi connectivity index (χ1v) is 6.54. The Morgan fingerprint density at radius 3 is 2.90 bits per heavy atom. The van der Waals surface area contributed by atoms with Crippen LogP contribution in [0, 0.1) is 11.6 Å². The van der Waals surface area contributed by atoms with Gasteiger partial charge in [-0.1, -0.05) is 0 Å². The topological polar surface area (TPSA) is 64.9 Å². The third-order valence-electron chi connectivity index (χ3n) is 2.52. The van der Waals surface area contributed by atoms with E-state index in [1.165, 1.54) is 10.7 Å². The van der Waals surface area contributed by atoms with Gasteiger partial charge in [0.1, 0.15) is 11.5 Å². The molecule has 0 amide bonds. The largest absolute Gasteiger partial charge is 0.383 e. The third kappa shape index (κ3) is 3.35. The predicted molar refractivity (Wildman–Crippen MR) is 70.4 cm³/mol. The fraction of sp³-hybridized carbons (Fsp3) is 0.364. The highest BCUT2D eigenvalue weighted by Gasteiger charge is 2.15. The Bertz CT molecular complexity index is 592. The zero-order valence-electron chi connectivity index (χ0n) is 10.6. The first kappa shape index (κ1) is 14.9. The lowest BCUT2D eigenvalue weighted by atomic mass is 10.3. The van der Waals surface area contributed by atoms with Crippen LogP contribution in [0.2, 0.25) is 0 Å².